The van der Waals surface area contributed by atoms with Gasteiger partial charge in [-0.05, 0) is 20.3 Å². The zero-order valence-corrected chi connectivity index (χ0v) is 18.6. The molecular formula is C19H33N3O9. The van der Waals surface area contributed by atoms with Crippen molar-refractivity contribution in [2.24, 2.45) is 0 Å². The van der Waals surface area contributed by atoms with Gasteiger partial charge in [0.15, 0.2) is 0 Å². The van der Waals surface area contributed by atoms with Crippen LogP contribution in [0.1, 0.15) is 53.4 Å². The van der Waals surface area contributed by atoms with Gasteiger partial charge in [-0.15, -0.1) is 5.06 Å². The quantitative estimate of drug-likeness (QED) is 0.333. The number of rotatable bonds is 12. The molecule has 1 rings (SSSR count). The maximum atomic E-state index is 11.7. The highest BCUT2D eigenvalue weighted by Crippen LogP contribution is 2.13. The van der Waals surface area contributed by atoms with Crippen molar-refractivity contribution in [3.8, 4) is 0 Å². The van der Waals surface area contributed by atoms with Gasteiger partial charge in [0, 0.05) is 32.5 Å². The predicted octanol–water partition coefficient (Wildman–Crippen LogP) is 1.28. The van der Waals surface area contributed by atoms with Crippen molar-refractivity contribution in [2.75, 3.05) is 32.9 Å². The largest absolute Gasteiger partial charge is 0.447 e. The molecule has 0 unspecified atom stereocenters. The number of hydrogen-bond donors (Lipinski definition) is 2. The van der Waals surface area contributed by atoms with Crippen molar-refractivity contribution in [2.45, 2.75) is 59.5 Å². The van der Waals surface area contributed by atoms with Gasteiger partial charge in [0.2, 0.25) is 0 Å². The van der Waals surface area contributed by atoms with Crippen LogP contribution in [-0.4, -0.2) is 74.0 Å². The summed E-state index contributed by atoms with van der Waals surface area (Å²) in [4.78, 5) is 62.1. The van der Waals surface area contributed by atoms with Gasteiger partial charge >= 0.3 is 18.2 Å². The molecular weight excluding hydrogens is 414 g/mol. The summed E-state index contributed by atoms with van der Waals surface area (Å²) < 4.78 is 15.4. The van der Waals surface area contributed by atoms with Crippen molar-refractivity contribution in [1.82, 2.24) is 15.7 Å². The van der Waals surface area contributed by atoms with Crippen molar-refractivity contribution in [3.05, 3.63) is 0 Å². The van der Waals surface area contributed by atoms with Crippen LogP contribution in [0, 0.1) is 0 Å². The lowest BCUT2D eigenvalue weighted by atomic mass is 10.3. The Hall–Kier alpha value is -2.89. The molecule has 0 bridgehead atoms. The summed E-state index contributed by atoms with van der Waals surface area (Å²) in [5.41, 5.74) is 0. The number of amides is 4. The van der Waals surface area contributed by atoms with Gasteiger partial charge in [0.1, 0.15) is 19.3 Å². The van der Waals surface area contributed by atoms with E-state index < -0.39 is 36.1 Å². The molecule has 0 saturated carbocycles. The lowest BCUT2D eigenvalue weighted by molar-refractivity contribution is -0.197. The van der Waals surface area contributed by atoms with E-state index in [9.17, 15) is 24.0 Å². The fraction of sp³-hybridized carbons (Fsp3) is 0.737. The Kier molecular flexibility index (Phi) is 15.3. The minimum absolute atomic E-state index is 0.0219. The standard InChI is InChI=1S/C17H27N3O9.C2H6/c1-3-18-16(24)27-10-12(11-28-17(25)19-4-2)26-9-5-6-15(23)29-20-13(21)7-8-14(20)22;1-2/h12H,3-11H2,1-2H3,(H,18,24)(H,19,25);1-2H3. The van der Waals surface area contributed by atoms with E-state index in [2.05, 4.69) is 10.6 Å². The van der Waals surface area contributed by atoms with Crippen LogP contribution in [-0.2, 0) is 33.4 Å². The first-order chi connectivity index (χ1) is 14.9. The number of hydrogen-bond acceptors (Lipinski definition) is 9. The summed E-state index contributed by atoms with van der Waals surface area (Å²) in [6.45, 7) is 8.00. The van der Waals surface area contributed by atoms with Gasteiger partial charge in [0.25, 0.3) is 11.8 Å². The maximum absolute atomic E-state index is 11.7. The van der Waals surface area contributed by atoms with E-state index in [0.29, 0.717) is 18.2 Å². The van der Waals surface area contributed by atoms with Gasteiger partial charge in [-0.25, -0.2) is 14.4 Å². The maximum Gasteiger partial charge on any atom is 0.407 e. The van der Waals surface area contributed by atoms with Crippen LogP contribution in [0.15, 0.2) is 0 Å². The number of hydroxylamine groups is 2. The molecule has 12 nitrogen and oxygen atoms in total. The topological polar surface area (TPSA) is 150 Å². The molecule has 1 saturated heterocycles. The highest BCUT2D eigenvalue weighted by atomic mass is 16.7. The third-order valence-corrected chi connectivity index (χ3v) is 3.52. The van der Waals surface area contributed by atoms with E-state index in [-0.39, 0.29) is 45.5 Å². The smallest absolute Gasteiger partial charge is 0.407 e. The predicted molar refractivity (Wildman–Crippen MR) is 108 cm³/mol. The van der Waals surface area contributed by atoms with E-state index in [1.807, 2.05) is 13.8 Å². The summed E-state index contributed by atoms with van der Waals surface area (Å²) in [5, 5.41) is 5.38. The summed E-state index contributed by atoms with van der Waals surface area (Å²) in [6.07, 6.45) is -1.85. The van der Waals surface area contributed by atoms with Crippen LogP contribution >= 0.6 is 0 Å². The lowest BCUT2D eigenvalue weighted by Crippen LogP contribution is -2.34. The molecule has 0 aromatic heterocycles. The van der Waals surface area contributed by atoms with Crippen LogP contribution in [0.4, 0.5) is 9.59 Å². The monoisotopic (exact) mass is 447 g/mol. The molecule has 0 spiro atoms. The molecule has 2 N–H and O–H groups in total. The Morgan fingerprint density at radius 1 is 0.935 bits per heavy atom. The highest BCUT2D eigenvalue weighted by Gasteiger charge is 2.32. The minimum Gasteiger partial charge on any atom is -0.447 e. The number of carbonyl (C=O) groups excluding carboxylic acids is 5. The van der Waals surface area contributed by atoms with Gasteiger partial charge < -0.3 is 29.7 Å². The number of imide groups is 1. The molecule has 4 amide bonds. The number of carbonyl (C=O) groups is 5. The van der Waals surface area contributed by atoms with Crippen LogP contribution in [0.2, 0.25) is 0 Å². The number of nitrogens with zero attached hydrogens (tertiary/aromatic N) is 1. The zero-order chi connectivity index (χ0) is 23.6. The molecule has 1 fully saturated rings. The molecule has 12 heteroatoms. The van der Waals surface area contributed by atoms with E-state index in [4.69, 9.17) is 19.0 Å². The summed E-state index contributed by atoms with van der Waals surface area (Å²) >= 11 is 0. The fourth-order valence-electron chi connectivity index (χ4n) is 2.14. The molecule has 178 valence electrons. The second-order valence-electron chi connectivity index (χ2n) is 5.90. The van der Waals surface area contributed by atoms with Crippen LogP contribution in [0.3, 0.4) is 0 Å². The third-order valence-electron chi connectivity index (χ3n) is 3.52. The van der Waals surface area contributed by atoms with E-state index in [0.717, 1.165) is 0 Å². The van der Waals surface area contributed by atoms with Crippen molar-refractivity contribution in [3.63, 3.8) is 0 Å². The fourth-order valence-corrected chi connectivity index (χ4v) is 2.14. The first-order valence-corrected chi connectivity index (χ1v) is 10.4. The molecule has 1 aliphatic rings. The number of nitrogens with one attached hydrogen (secondary N) is 2. The second kappa shape index (κ2) is 16.9. The summed E-state index contributed by atoms with van der Waals surface area (Å²) in [6, 6.07) is 0. The molecule has 31 heavy (non-hydrogen) atoms. The van der Waals surface area contributed by atoms with Crippen LogP contribution in [0.5, 0.6) is 0 Å². The van der Waals surface area contributed by atoms with Crippen molar-refractivity contribution >= 4 is 30.0 Å². The molecule has 0 atom stereocenters. The second-order valence-corrected chi connectivity index (χ2v) is 5.90. The van der Waals surface area contributed by atoms with Crippen LogP contribution < -0.4 is 10.6 Å². The Bertz CT molecular complexity index is 560. The Morgan fingerprint density at radius 2 is 1.42 bits per heavy atom. The molecule has 0 aliphatic carbocycles. The average Bonchev–Trinajstić information content (AvgIpc) is 3.06. The van der Waals surface area contributed by atoms with Crippen molar-refractivity contribution in [1.29, 1.82) is 0 Å². The summed E-state index contributed by atoms with van der Waals surface area (Å²) in [7, 11) is 0. The summed E-state index contributed by atoms with van der Waals surface area (Å²) in [5.74, 6) is -1.85. The lowest BCUT2D eigenvalue weighted by Gasteiger charge is -2.18. The van der Waals surface area contributed by atoms with Crippen molar-refractivity contribution < 1.29 is 43.0 Å². The Balaban J connectivity index is 0.00000436. The molecule has 0 aromatic rings. The molecule has 0 aromatic carbocycles. The van der Waals surface area contributed by atoms with E-state index in [1.165, 1.54) is 0 Å². The average molecular weight is 447 g/mol. The zero-order valence-electron chi connectivity index (χ0n) is 18.6. The normalized spacial score (nSPS) is 12.7. The number of alkyl carbamates (subject to hydrolysis) is 2. The Morgan fingerprint density at radius 3 is 1.87 bits per heavy atom. The molecule has 0 radical (unpaired) electrons. The molecule has 1 heterocycles. The van der Waals surface area contributed by atoms with Crippen LogP contribution in [0.25, 0.3) is 0 Å². The highest BCUT2D eigenvalue weighted by molar-refractivity contribution is 6.01. The first kappa shape index (κ1) is 28.1. The molecule has 1 aliphatic heterocycles. The Labute approximate surface area is 181 Å². The van der Waals surface area contributed by atoms with Gasteiger partial charge in [0.05, 0.1) is 6.42 Å². The van der Waals surface area contributed by atoms with E-state index >= 15 is 0 Å². The van der Waals surface area contributed by atoms with Gasteiger partial charge in [-0.2, -0.15) is 0 Å². The first-order valence-electron chi connectivity index (χ1n) is 10.4. The number of ether oxygens (including phenoxy) is 3. The van der Waals surface area contributed by atoms with Gasteiger partial charge in [-0.1, -0.05) is 13.8 Å². The van der Waals surface area contributed by atoms with E-state index in [1.54, 1.807) is 13.8 Å². The third kappa shape index (κ3) is 12.4. The minimum atomic E-state index is -0.745. The van der Waals surface area contributed by atoms with Gasteiger partial charge in [-0.3, -0.25) is 9.59 Å². The SMILES string of the molecule is CC.CCNC(=O)OCC(COC(=O)NCC)OCCCC(=O)ON1C(=O)CCC1=O.